The molecule has 3 aliphatic heterocycles. The van der Waals surface area contributed by atoms with Gasteiger partial charge in [-0.1, -0.05) is 36.7 Å². The Morgan fingerprint density at radius 3 is 2.84 bits per heavy atom. The maximum atomic E-state index is 14.6. The lowest BCUT2D eigenvalue weighted by molar-refractivity contribution is 0.281. The number of hydrazine groups is 2. The second-order valence-electron chi connectivity index (χ2n) is 8.65. The molecule has 0 aromatic heterocycles. The van der Waals surface area contributed by atoms with Crippen molar-refractivity contribution in [2.45, 2.75) is 32.7 Å². The van der Waals surface area contributed by atoms with E-state index < -0.39 is 0 Å². The highest BCUT2D eigenvalue weighted by Gasteiger charge is 2.31. The van der Waals surface area contributed by atoms with Crippen molar-refractivity contribution in [2.24, 2.45) is 0 Å². The fourth-order valence-electron chi connectivity index (χ4n) is 4.87. The largest absolute Gasteiger partial charge is 0.376 e. The van der Waals surface area contributed by atoms with E-state index in [9.17, 15) is 4.39 Å². The molecule has 1 unspecified atom stereocenters. The SMILES string of the molecule is CCN1CC=C(c2ccc3c(c2)C(Nc2cc(Cl)ccc2F)CCN2NNC(C)=C32)CC1. The van der Waals surface area contributed by atoms with Gasteiger partial charge in [0.05, 0.1) is 23.1 Å². The van der Waals surface area contributed by atoms with E-state index in [0.29, 0.717) is 10.7 Å². The first-order valence-corrected chi connectivity index (χ1v) is 11.7. The minimum absolute atomic E-state index is 0.0399. The van der Waals surface area contributed by atoms with E-state index in [2.05, 4.69) is 64.3 Å². The highest BCUT2D eigenvalue weighted by Crippen LogP contribution is 2.39. The molecule has 0 amide bonds. The summed E-state index contributed by atoms with van der Waals surface area (Å²) in [4.78, 5) is 2.45. The second-order valence-corrected chi connectivity index (χ2v) is 9.08. The summed E-state index contributed by atoms with van der Waals surface area (Å²) >= 11 is 6.16. The number of hydrogen-bond acceptors (Lipinski definition) is 5. The lowest BCUT2D eigenvalue weighted by Gasteiger charge is -2.26. The lowest BCUT2D eigenvalue weighted by atomic mass is 9.90. The molecule has 3 heterocycles. The van der Waals surface area contributed by atoms with Crippen molar-refractivity contribution in [3.8, 4) is 0 Å². The number of benzene rings is 2. The predicted octanol–water partition coefficient (Wildman–Crippen LogP) is 5.16. The van der Waals surface area contributed by atoms with Gasteiger partial charge in [0.2, 0.25) is 0 Å². The van der Waals surface area contributed by atoms with Crippen LogP contribution in [0.15, 0.2) is 48.2 Å². The average molecular weight is 454 g/mol. The molecule has 0 aliphatic carbocycles. The van der Waals surface area contributed by atoms with Crippen LogP contribution in [0.2, 0.25) is 5.02 Å². The summed E-state index contributed by atoms with van der Waals surface area (Å²) in [6.07, 6.45) is 4.21. The number of anilines is 1. The molecule has 2 aromatic carbocycles. The van der Waals surface area contributed by atoms with Gasteiger partial charge in [0, 0.05) is 30.2 Å². The molecule has 0 saturated heterocycles. The molecule has 5 nitrogen and oxygen atoms in total. The molecule has 0 radical (unpaired) electrons. The van der Waals surface area contributed by atoms with Gasteiger partial charge < -0.3 is 10.7 Å². The lowest BCUT2D eigenvalue weighted by Crippen LogP contribution is -2.38. The Kier molecular flexibility index (Phi) is 5.84. The molecule has 5 rings (SSSR count). The van der Waals surface area contributed by atoms with E-state index in [1.54, 1.807) is 12.1 Å². The van der Waals surface area contributed by atoms with Crippen molar-refractivity contribution in [3.05, 3.63) is 75.7 Å². The van der Waals surface area contributed by atoms with Crippen LogP contribution in [0.3, 0.4) is 0 Å². The van der Waals surface area contributed by atoms with Crippen LogP contribution in [0.1, 0.15) is 49.4 Å². The minimum atomic E-state index is -0.290. The van der Waals surface area contributed by atoms with Gasteiger partial charge in [0.1, 0.15) is 5.82 Å². The third kappa shape index (κ3) is 3.98. The van der Waals surface area contributed by atoms with Gasteiger partial charge in [0.25, 0.3) is 0 Å². The first-order chi connectivity index (χ1) is 15.5. The number of fused-ring (bicyclic) bond motifs is 3. The second kappa shape index (κ2) is 8.77. The molecule has 0 saturated carbocycles. The maximum absolute atomic E-state index is 14.6. The van der Waals surface area contributed by atoms with Gasteiger partial charge in [-0.2, -0.15) is 0 Å². The van der Waals surface area contributed by atoms with Crippen LogP contribution >= 0.6 is 11.6 Å². The maximum Gasteiger partial charge on any atom is 0.146 e. The molecule has 0 spiro atoms. The van der Waals surface area contributed by atoms with Crippen LogP contribution in [0, 0.1) is 5.82 Å². The molecule has 1 atom stereocenters. The molecule has 3 aliphatic rings. The third-order valence-corrected chi connectivity index (χ3v) is 6.93. The Morgan fingerprint density at radius 2 is 2.06 bits per heavy atom. The van der Waals surface area contributed by atoms with Crippen molar-refractivity contribution in [1.82, 2.24) is 20.9 Å². The number of likely N-dealkylation sites (N-methyl/N-ethyl adjacent to an activating group) is 1. The molecular weight excluding hydrogens is 425 g/mol. The summed E-state index contributed by atoms with van der Waals surface area (Å²) in [7, 11) is 0. The zero-order valence-corrected chi connectivity index (χ0v) is 19.3. The Balaban J connectivity index is 1.56. The molecule has 7 heteroatoms. The van der Waals surface area contributed by atoms with Gasteiger partial charge in [-0.15, -0.1) is 5.53 Å². The van der Waals surface area contributed by atoms with Crippen molar-refractivity contribution in [2.75, 3.05) is 31.5 Å². The smallest absolute Gasteiger partial charge is 0.146 e. The highest BCUT2D eigenvalue weighted by atomic mass is 35.5. The van der Waals surface area contributed by atoms with Crippen molar-refractivity contribution in [3.63, 3.8) is 0 Å². The van der Waals surface area contributed by atoms with E-state index >= 15 is 0 Å². The fraction of sp³-hybridized carbons (Fsp3) is 0.360. The standard InChI is InChI=1S/C25H29ClFN5/c1-3-31-11-8-17(9-12-31)18-4-6-20-21(14-18)23(10-13-32-25(20)16(2)29-30-32)28-24-15-19(26)5-7-22(24)27/h4-8,14-15,23,28-30H,3,9-13H2,1-2H3. The number of nitrogens with zero attached hydrogens (tertiary/aromatic N) is 2. The van der Waals surface area contributed by atoms with Crippen LogP contribution in [0.4, 0.5) is 10.1 Å². The zero-order chi connectivity index (χ0) is 22.2. The number of nitrogens with one attached hydrogen (secondary N) is 3. The summed E-state index contributed by atoms with van der Waals surface area (Å²) in [6, 6.07) is 11.4. The Labute approximate surface area is 193 Å². The monoisotopic (exact) mass is 453 g/mol. The molecule has 32 heavy (non-hydrogen) atoms. The van der Waals surface area contributed by atoms with E-state index in [0.717, 1.165) is 56.0 Å². The van der Waals surface area contributed by atoms with E-state index in [4.69, 9.17) is 11.6 Å². The van der Waals surface area contributed by atoms with Gasteiger partial charge in [-0.3, -0.25) is 9.91 Å². The Hall–Kier alpha value is -2.54. The van der Waals surface area contributed by atoms with Gasteiger partial charge in [0.15, 0.2) is 0 Å². The summed E-state index contributed by atoms with van der Waals surface area (Å²) < 4.78 is 14.6. The van der Waals surface area contributed by atoms with Gasteiger partial charge in [-0.05, 0) is 67.3 Å². The average Bonchev–Trinajstić information content (AvgIpc) is 3.10. The molecule has 0 fully saturated rings. The molecular formula is C25H29ClFN5. The molecule has 168 valence electrons. The van der Waals surface area contributed by atoms with Crippen molar-refractivity contribution in [1.29, 1.82) is 0 Å². The van der Waals surface area contributed by atoms with E-state index in [1.807, 2.05) is 0 Å². The van der Waals surface area contributed by atoms with Crippen LogP contribution in [-0.2, 0) is 0 Å². The number of halogens is 2. The Morgan fingerprint density at radius 1 is 1.19 bits per heavy atom. The summed E-state index contributed by atoms with van der Waals surface area (Å²) in [6.45, 7) is 8.22. The quantitative estimate of drug-likeness (QED) is 0.596. The first kappa shape index (κ1) is 21.3. The van der Waals surface area contributed by atoms with E-state index in [-0.39, 0.29) is 11.9 Å². The first-order valence-electron chi connectivity index (χ1n) is 11.3. The third-order valence-electron chi connectivity index (χ3n) is 6.70. The Bertz CT molecular complexity index is 1100. The predicted molar refractivity (Wildman–Crippen MR) is 129 cm³/mol. The molecule has 2 aromatic rings. The normalized spacial score (nSPS) is 20.9. The number of hydrogen-bond donors (Lipinski definition) is 3. The highest BCUT2D eigenvalue weighted by molar-refractivity contribution is 6.30. The zero-order valence-electron chi connectivity index (χ0n) is 18.5. The van der Waals surface area contributed by atoms with Crippen molar-refractivity contribution < 1.29 is 4.39 Å². The van der Waals surface area contributed by atoms with Gasteiger partial charge >= 0.3 is 0 Å². The van der Waals surface area contributed by atoms with Gasteiger partial charge in [-0.25, -0.2) is 4.39 Å². The fourth-order valence-corrected chi connectivity index (χ4v) is 5.04. The van der Waals surface area contributed by atoms with E-state index in [1.165, 1.54) is 22.8 Å². The van der Waals surface area contributed by atoms with Crippen LogP contribution < -0.4 is 16.3 Å². The van der Waals surface area contributed by atoms with Crippen molar-refractivity contribution >= 4 is 28.6 Å². The summed E-state index contributed by atoms with van der Waals surface area (Å²) in [5, 5.41) is 6.12. The molecule has 0 bridgehead atoms. The summed E-state index contributed by atoms with van der Waals surface area (Å²) in [5.41, 5.74) is 14.2. The van der Waals surface area contributed by atoms with Crippen LogP contribution in [0.5, 0.6) is 0 Å². The summed E-state index contributed by atoms with van der Waals surface area (Å²) in [5.74, 6) is -0.290. The van der Waals surface area contributed by atoms with Crippen LogP contribution in [-0.4, -0.2) is 36.1 Å². The minimum Gasteiger partial charge on any atom is -0.376 e. The number of rotatable bonds is 4. The topological polar surface area (TPSA) is 42.6 Å². The number of allylic oxidation sites excluding steroid dienone is 1. The molecule has 3 N–H and O–H groups in total. The van der Waals surface area contributed by atoms with Crippen LogP contribution in [0.25, 0.3) is 11.3 Å².